The molecule has 2 aromatic rings. The van der Waals surface area contributed by atoms with E-state index >= 15 is 0 Å². The quantitative estimate of drug-likeness (QED) is 0.588. The van der Waals surface area contributed by atoms with Crippen LogP contribution in [0.4, 0.5) is 0 Å². The molecule has 7 heteroatoms. The summed E-state index contributed by atoms with van der Waals surface area (Å²) in [5.74, 6) is 3.52. The lowest BCUT2D eigenvalue weighted by molar-refractivity contribution is 0.262. The monoisotopic (exact) mass is 312 g/mol. The summed E-state index contributed by atoms with van der Waals surface area (Å²) in [5, 5.41) is 10.4. The van der Waals surface area contributed by atoms with Crippen LogP contribution in [0.1, 0.15) is 48.4 Å². The molecule has 0 saturated heterocycles. The van der Waals surface area contributed by atoms with Crippen molar-refractivity contribution in [3.05, 3.63) is 41.5 Å². The number of nitrogens with two attached hydrogens (primary N) is 1. The van der Waals surface area contributed by atoms with Crippen LogP contribution in [0, 0.1) is 0 Å². The van der Waals surface area contributed by atoms with Crippen molar-refractivity contribution < 1.29 is 4.74 Å². The summed E-state index contributed by atoms with van der Waals surface area (Å²) >= 11 is 0. The van der Waals surface area contributed by atoms with Crippen LogP contribution >= 0.6 is 0 Å². The fourth-order valence-electron chi connectivity index (χ4n) is 2.78. The first-order valence-electron chi connectivity index (χ1n) is 7.99. The summed E-state index contributed by atoms with van der Waals surface area (Å²) in [6.07, 6.45) is 3.24. The van der Waals surface area contributed by atoms with Gasteiger partial charge in [-0.15, -0.1) is 0 Å². The molecule has 2 heterocycles. The fourth-order valence-corrected chi connectivity index (χ4v) is 2.78. The van der Waals surface area contributed by atoms with Crippen molar-refractivity contribution in [3.8, 4) is 5.75 Å². The third kappa shape index (κ3) is 3.13. The molecule has 0 radical (unpaired) electrons. The normalized spacial score (nSPS) is 20.7. The molecule has 0 spiro atoms. The third-order valence-electron chi connectivity index (χ3n) is 4.17. The second-order valence-corrected chi connectivity index (χ2v) is 5.99. The number of aromatic nitrogens is 3. The van der Waals surface area contributed by atoms with E-state index in [1.165, 1.54) is 12.8 Å². The van der Waals surface area contributed by atoms with E-state index in [0.29, 0.717) is 25.0 Å². The summed E-state index contributed by atoms with van der Waals surface area (Å²) in [5.41, 5.74) is 7.14. The molecule has 120 valence electrons. The van der Waals surface area contributed by atoms with Crippen molar-refractivity contribution in [1.82, 2.24) is 20.5 Å². The second-order valence-electron chi connectivity index (χ2n) is 5.99. The predicted octanol–water partition coefficient (Wildman–Crippen LogP) is 1.61. The van der Waals surface area contributed by atoms with E-state index in [-0.39, 0.29) is 6.04 Å². The van der Waals surface area contributed by atoms with Crippen molar-refractivity contribution in [1.29, 1.82) is 0 Å². The first kappa shape index (κ1) is 14.0. The van der Waals surface area contributed by atoms with E-state index < -0.39 is 0 Å². The molecule has 4 N–H and O–H groups in total. The van der Waals surface area contributed by atoms with E-state index in [9.17, 15) is 0 Å². The molecule has 1 saturated carbocycles. The SMILES string of the molecule is NC(=NCc1nc(C2CC2)n[nH]1)NC1CCOc2ccccc21. The molecule has 1 unspecified atom stereocenters. The number of ether oxygens (including phenoxy) is 1. The average Bonchev–Trinajstić information content (AvgIpc) is 3.32. The summed E-state index contributed by atoms with van der Waals surface area (Å²) < 4.78 is 5.65. The van der Waals surface area contributed by atoms with E-state index in [1.54, 1.807) is 0 Å². The van der Waals surface area contributed by atoms with Gasteiger partial charge in [0.1, 0.15) is 18.1 Å². The number of H-pyrrole nitrogens is 1. The number of nitrogens with one attached hydrogen (secondary N) is 2. The van der Waals surface area contributed by atoms with Crippen LogP contribution in [-0.2, 0) is 6.54 Å². The lowest BCUT2D eigenvalue weighted by Gasteiger charge is -2.26. The zero-order valence-corrected chi connectivity index (χ0v) is 12.8. The smallest absolute Gasteiger partial charge is 0.189 e. The van der Waals surface area contributed by atoms with Gasteiger partial charge in [0.15, 0.2) is 11.8 Å². The van der Waals surface area contributed by atoms with Crippen LogP contribution in [0.3, 0.4) is 0 Å². The molecule has 1 aliphatic carbocycles. The van der Waals surface area contributed by atoms with Gasteiger partial charge in [0.05, 0.1) is 12.6 Å². The van der Waals surface area contributed by atoms with Crippen molar-refractivity contribution in [3.63, 3.8) is 0 Å². The summed E-state index contributed by atoms with van der Waals surface area (Å²) in [4.78, 5) is 8.81. The largest absolute Gasteiger partial charge is 0.493 e. The molecular weight excluding hydrogens is 292 g/mol. The number of aliphatic imine (C=N–C) groups is 1. The van der Waals surface area contributed by atoms with Crippen LogP contribution < -0.4 is 15.8 Å². The number of para-hydroxylation sites is 1. The number of nitrogens with zero attached hydrogens (tertiary/aromatic N) is 3. The predicted molar refractivity (Wildman–Crippen MR) is 86.1 cm³/mol. The number of hydrogen-bond donors (Lipinski definition) is 3. The van der Waals surface area contributed by atoms with Crippen LogP contribution in [0.5, 0.6) is 5.75 Å². The maximum absolute atomic E-state index is 6.02. The van der Waals surface area contributed by atoms with Crippen molar-refractivity contribution in [2.24, 2.45) is 10.7 Å². The van der Waals surface area contributed by atoms with Gasteiger partial charge in [-0.05, 0) is 18.9 Å². The zero-order valence-electron chi connectivity index (χ0n) is 12.8. The molecule has 1 aromatic heterocycles. The standard InChI is InChI=1S/C16H20N6O/c17-16(18-9-14-20-15(22-21-14)10-5-6-10)19-12-7-8-23-13-4-2-1-3-11(12)13/h1-4,10,12H,5-9H2,(H3,17,18,19)(H,20,21,22). The zero-order chi connectivity index (χ0) is 15.6. The Bertz CT molecular complexity index is 721. The van der Waals surface area contributed by atoms with E-state index in [1.807, 2.05) is 18.2 Å². The minimum Gasteiger partial charge on any atom is -0.493 e. The first-order valence-corrected chi connectivity index (χ1v) is 7.99. The molecular formula is C16H20N6O. The maximum Gasteiger partial charge on any atom is 0.189 e. The van der Waals surface area contributed by atoms with Crippen LogP contribution in [-0.4, -0.2) is 27.7 Å². The lowest BCUT2D eigenvalue weighted by atomic mass is 10.0. The Labute approximate surface area is 134 Å². The van der Waals surface area contributed by atoms with Crippen LogP contribution in [0.2, 0.25) is 0 Å². The average molecular weight is 312 g/mol. The second kappa shape index (κ2) is 5.91. The molecule has 0 amide bonds. The van der Waals surface area contributed by atoms with Gasteiger partial charge in [0.2, 0.25) is 0 Å². The van der Waals surface area contributed by atoms with E-state index in [4.69, 9.17) is 10.5 Å². The van der Waals surface area contributed by atoms with Gasteiger partial charge in [-0.1, -0.05) is 18.2 Å². The molecule has 7 nitrogen and oxygen atoms in total. The maximum atomic E-state index is 6.02. The Morgan fingerprint density at radius 3 is 3.09 bits per heavy atom. The third-order valence-corrected chi connectivity index (χ3v) is 4.17. The van der Waals surface area contributed by atoms with Gasteiger partial charge in [-0.25, -0.2) is 9.98 Å². The summed E-state index contributed by atoms with van der Waals surface area (Å²) in [7, 11) is 0. The molecule has 23 heavy (non-hydrogen) atoms. The number of rotatable bonds is 4. The number of hydrogen-bond acceptors (Lipinski definition) is 4. The molecule has 4 rings (SSSR count). The molecule has 2 aliphatic rings. The van der Waals surface area contributed by atoms with Crippen LogP contribution in [0.15, 0.2) is 29.3 Å². The Kier molecular flexibility index (Phi) is 3.61. The highest BCUT2D eigenvalue weighted by Crippen LogP contribution is 2.37. The summed E-state index contributed by atoms with van der Waals surface area (Å²) in [6, 6.07) is 8.13. The van der Waals surface area contributed by atoms with Crippen molar-refractivity contribution in [2.45, 2.75) is 37.8 Å². The van der Waals surface area contributed by atoms with E-state index in [0.717, 1.165) is 29.4 Å². The van der Waals surface area contributed by atoms with Gasteiger partial charge in [0, 0.05) is 17.9 Å². The van der Waals surface area contributed by atoms with Gasteiger partial charge in [-0.2, -0.15) is 5.10 Å². The first-order chi connectivity index (χ1) is 11.3. The molecule has 0 bridgehead atoms. The summed E-state index contributed by atoms with van der Waals surface area (Å²) in [6.45, 7) is 1.08. The Morgan fingerprint density at radius 1 is 1.35 bits per heavy atom. The lowest BCUT2D eigenvalue weighted by Crippen LogP contribution is -2.37. The van der Waals surface area contributed by atoms with Crippen LogP contribution in [0.25, 0.3) is 0 Å². The number of guanidine groups is 1. The molecule has 1 atom stereocenters. The number of fused-ring (bicyclic) bond motifs is 1. The Morgan fingerprint density at radius 2 is 2.22 bits per heavy atom. The highest BCUT2D eigenvalue weighted by molar-refractivity contribution is 5.78. The van der Waals surface area contributed by atoms with Gasteiger partial charge in [-0.3, -0.25) is 5.10 Å². The topological polar surface area (TPSA) is 101 Å². The highest BCUT2D eigenvalue weighted by atomic mass is 16.5. The molecule has 1 aliphatic heterocycles. The number of aromatic amines is 1. The minimum absolute atomic E-state index is 0.125. The van der Waals surface area contributed by atoms with Gasteiger partial charge < -0.3 is 15.8 Å². The number of benzene rings is 1. The molecule has 1 fully saturated rings. The molecule has 1 aromatic carbocycles. The Hall–Kier alpha value is -2.57. The minimum atomic E-state index is 0.125. The fraction of sp³-hybridized carbons (Fsp3) is 0.438. The highest BCUT2D eigenvalue weighted by Gasteiger charge is 2.27. The van der Waals surface area contributed by atoms with Gasteiger partial charge in [0.25, 0.3) is 0 Å². The Balaban J connectivity index is 1.40. The van der Waals surface area contributed by atoms with Crippen molar-refractivity contribution >= 4 is 5.96 Å². The van der Waals surface area contributed by atoms with E-state index in [2.05, 4.69) is 31.6 Å². The van der Waals surface area contributed by atoms with Crippen molar-refractivity contribution in [2.75, 3.05) is 6.61 Å². The van der Waals surface area contributed by atoms with Gasteiger partial charge >= 0.3 is 0 Å².